The number of hydrogen-bond acceptors (Lipinski definition) is 6. The van der Waals surface area contributed by atoms with Gasteiger partial charge in [-0.3, -0.25) is 4.79 Å². The van der Waals surface area contributed by atoms with Crippen LogP contribution in [0.4, 0.5) is 10.2 Å². The van der Waals surface area contributed by atoms with E-state index in [0.717, 1.165) is 0 Å². The molecule has 2 aromatic heterocycles. The van der Waals surface area contributed by atoms with Gasteiger partial charge in [0.15, 0.2) is 9.84 Å². The number of anilines is 1. The molecule has 0 atom stereocenters. The largest absolute Gasteiger partial charge is 0.311 e. The number of carbonyl (C=O) groups excluding carboxylic acids is 1. The van der Waals surface area contributed by atoms with Gasteiger partial charge in [-0.15, -0.1) is 0 Å². The molecule has 7 nitrogen and oxygen atoms in total. The number of fused-ring (bicyclic) bond motifs is 1. The molecule has 1 amide bonds. The summed E-state index contributed by atoms with van der Waals surface area (Å²) in [6, 6.07) is 14.6. The van der Waals surface area contributed by atoms with Crippen LogP contribution >= 0.6 is 11.3 Å². The molecule has 0 spiro atoms. The number of hydrogen-bond donors (Lipinski definition) is 1. The van der Waals surface area contributed by atoms with Crippen LogP contribution in [0.1, 0.15) is 18.5 Å². The average molecular weight is 459 g/mol. The molecule has 0 saturated carbocycles. The topological polar surface area (TPSA) is 94.0 Å². The van der Waals surface area contributed by atoms with E-state index in [1.807, 2.05) is 0 Å². The normalized spacial score (nSPS) is 11.7. The maximum Gasteiger partial charge on any atom is 0.225 e. The lowest BCUT2D eigenvalue weighted by Gasteiger charge is -2.07. The molecule has 0 saturated heterocycles. The third kappa shape index (κ3) is 4.64. The number of carbonyl (C=O) groups is 1. The maximum absolute atomic E-state index is 14.0. The number of benzene rings is 2. The number of thiazole rings is 1. The maximum atomic E-state index is 14.0. The Balaban J connectivity index is 1.45. The van der Waals surface area contributed by atoms with E-state index < -0.39 is 15.7 Å². The molecular weight excluding hydrogens is 439 g/mol. The van der Waals surface area contributed by atoms with E-state index in [1.165, 1.54) is 34.2 Å². The lowest BCUT2D eigenvalue weighted by molar-refractivity contribution is -0.116. The zero-order valence-electron chi connectivity index (χ0n) is 16.6. The fraction of sp³-hybridized carbons (Fsp3) is 0.190. The number of halogens is 1. The Morgan fingerprint density at radius 2 is 1.94 bits per heavy atom. The first-order valence-corrected chi connectivity index (χ1v) is 12.0. The van der Waals surface area contributed by atoms with Gasteiger partial charge in [0, 0.05) is 12.5 Å². The minimum atomic E-state index is -3.44. The van der Waals surface area contributed by atoms with Gasteiger partial charge in [-0.25, -0.2) is 17.8 Å². The van der Waals surface area contributed by atoms with Gasteiger partial charge in [0.05, 0.1) is 21.0 Å². The van der Waals surface area contributed by atoms with Gasteiger partial charge in [-0.2, -0.15) is 9.78 Å². The van der Waals surface area contributed by atoms with E-state index in [1.54, 1.807) is 43.3 Å². The first-order chi connectivity index (χ1) is 14.8. The molecule has 0 aliphatic heterocycles. The molecular formula is C21H19FN4O3S2. The van der Waals surface area contributed by atoms with Crippen molar-refractivity contribution in [3.63, 3.8) is 0 Å². The van der Waals surface area contributed by atoms with Crippen molar-refractivity contribution >= 4 is 43.1 Å². The van der Waals surface area contributed by atoms with Crippen LogP contribution in [0.3, 0.4) is 0 Å². The van der Waals surface area contributed by atoms with Crippen molar-refractivity contribution in [2.45, 2.75) is 24.7 Å². The molecule has 0 unspecified atom stereocenters. The van der Waals surface area contributed by atoms with Crippen molar-refractivity contribution in [1.82, 2.24) is 14.8 Å². The smallest absolute Gasteiger partial charge is 0.225 e. The molecule has 0 aliphatic carbocycles. The van der Waals surface area contributed by atoms with E-state index in [-0.39, 0.29) is 34.9 Å². The molecule has 0 fully saturated rings. The van der Waals surface area contributed by atoms with Crippen molar-refractivity contribution in [3.8, 4) is 5.13 Å². The molecule has 160 valence electrons. The zero-order chi connectivity index (χ0) is 22.0. The van der Waals surface area contributed by atoms with Gasteiger partial charge >= 0.3 is 0 Å². The lowest BCUT2D eigenvalue weighted by Crippen LogP contribution is -2.16. The summed E-state index contributed by atoms with van der Waals surface area (Å²) >= 11 is 1.26. The summed E-state index contributed by atoms with van der Waals surface area (Å²) in [5, 5.41) is 7.53. The fourth-order valence-electron chi connectivity index (χ4n) is 3.10. The van der Waals surface area contributed by atoms with Gasteiger partial charge in [0.25, 0.3) is 0 Å². The lowest BCUT2D eigenvalue weighted by atomic mass is 10.3. The van der Waals surface area contributed by atoms with Gasteiger partial charge in [0.1, 0.15) is 17.2 Å². The molecule has 4 rings (SSSR count). The highest BCUT2D eigenvalue weighted by atomic mass is 32.2. The molecule has 0 radical (unpaired) electrons. The summed E-state index contributed by atoms with van der Waals surface area (Å²) in [7, 11) is -3.44. The number of sulfone groups is 1. The van der Waals surface area contributed by atoms with E-state index in [9.17, 15) is 17.6 Å². The van der Waals surface area contributed by atoms with Crippen LogP contribution in [0.25, 0.3) is 15.3 Å². The van der Waals surface area contributed by atoms with Crippen LogP contribution in [-0.2, 0) is 14.6 Å². The average Bonchev–Trinajstić information content (AvgIpc) is 3.32. The molecule has 4 aromatic rings. The van der Waals surface area contributed by atoms with Crippen LogP contribution in [0, 0.1) is 12.7 Å². The Hall–Kier alpha value is -3.11. The minimum Gasteiger partial charge on any atom is -0.311 e. The Morgan fingerprint density at radius 3 is 2.68 bits per heavy atom. The number of para-hydroxylation sites is 1. The second-order valence-corrected chi connectivity index (χ2v) is 10.1. The monoisotopic (exact) mass is 458 g/mol. The highest BCUT2D eigenvalue weighted by Gasteiger charge is 2.17. The molecule has 1 N–H and O–H groups in total. The minimum absolute atomic E-state index is 0.0325. The fourth-order valence-corrected chi connectivity index (χ4v) is 5.38. The highest BCUT2D eigenvalue weighted by Crippen LogP contribution is 2.28. The Bertz CT molecular complexity index is 1350. The zero-order valence-corrected chi connectivity index (χ0v) is 18.2. The number of rotatable bonds is 7. The van der Waals surface area contributed by atoms with Gasteiger partial charge in [0.2, 0.25) is 11.0 Å². The molecule has 0 bridgehead atoms. The van der Waals surface area contributed by atoms with Crippen LogP contribution in [0.2, 0.25) is 0 Å². The molecule has 2 aromatic carbocycles. The van der Waals surface area contributed by atoms with Crippen molar-refractivity contribution < 1.29 is 17.6 Å². The Labute approximate surface area is 182 Å². The molecule has 31 heavy (non-hydrogen) atoms. The third-order valence-electron chi connectivity index (χ3n) is 4.56. The summed E-state index contributed by atoms with van der Waals surface area (Å²) in [6.45, 7) is 1.77. The SMILES string of the molecule is Cc1cc(NC(=O)CCCS(=O)(=O)c2ccccc2)n(-c2nc3c(F)cccc3s2)n1. The van der Waals surface area contributed by atoms with Crippen molar-refractivity contribution in [2.24, 2.45) is 0 Å². The van der Waals surface area contributed by atoms with E-state index in [0.29, 0.717) is 21.3 Å². The van der Waals surface area contributed by atoms with Crippen molar-refractivity contribution in [3.05, 3.63) is 66.1 Å². The number of nitrogens with one attached hydrogen (secondary N) is 1. The predicted molar refractivity (Wildman–Crippen MR) is 118 cm³/mol. The summed E-state index contributed by atoms with van der Waals surface area (Å²) < 4.78 is 40.8. The van der Waals surface area contributed by atoms with Crippen LogP contribution in [0.5, 0.6) is 0 Å². The van der Waals surface area contributed by atoms with Crippen LogP contribution in [-0.4, -0.2) is 34.8 Å². The number of aromatic nitrogens is 3. The standard InChI is InChI=1S/C21H19FN4O3S2/c1-14-13-18(26(25-14)21-24-20-16(22)9-5-10-17(20)30-21)23-19(27)11-6-12-31(28,29)15-7-3-2-4-8-15/h2-5,7-10,13H,6,11-12H2,1H3,(H,23,27). The summed E-state index contributed by atoms with van der Waals surface area (Å²) in [4.78, 5) is 17.0. The van der Waals surface area contributed by atoms with E-state index in [2.05, 4.69) is 15.4 Å². The first kappa shape index (κ1) is 21.1. The summed E-state index contributed by atoms with van der Waals surface area (Å²) in [5.41, 5.74) is 0.903. The van der Waals surface area contributed by atoms with Gasteiger partial charge in [-0.1, -0.05) is 35.6 Å². The number of amides is 1. The van der Waals surface area contributed by atoms with Crippen LogP contribution in [0.15, 0.2) is 59.5 Å². The van der Waals surface area contributed by atoms with Crippen LogP contribution < -0.4 is 5.32 Å². The van der Waals surface area contributed by atoms with Crippen molar-refractivity contribution in [2.75, 3.05) is 11.1 Å². The highest BCUT2D eigenvalue weighted by molar-refractivity contribution is 7.91. The Kier molecular flexibility index (Phi) is 5.84. The number of aryl methyl sites for hydroxylation is 1. The van der Waals surface area contributed by atoms with E-state index in [4.69, 9.17) is 0 Å². The van der Waals surface area contributed by atoms with Gasteiger partial charge in [-0.05, 0) is 37.6 Å². The van der Waals surface area contributed by atoms with E-state index >= 15 is 0 Å². The van der Waals surface area contributed by atoms with Gasteiger partial charge < -0.3 is 5.32 Å². The molecule has 0 aliphatic rings. The summed E-state index contributed by atoms with van der Waals surface area (Å²) in [6.07, 6.45) is 0.216. The Morgan fingerprint density at radius 1 is 1.16 bits per heavy atom. The third-order valence-corrected chi connectivity index (χ3v) is 7.37. The summed E-state index contributed by atoms with van der Waals surface area (Å²) in [5.74, 6) is -0.487. The quantitative estimate of drug-likeness (QED) is 0.450. The molecule has 10 heteroatoms. The first-order valence-electron chi connectivity index (χ1n) is 9.53. The second kappa shape index (κ2) is 8.56. The van der Waals surface area contributed by atoms with Crippen molar-refractivity contribution in [1.29, 1.82) is 0 Å². The predicted octanol–water partition coefficient (Wildman–Crippen LogP) is 4.12. The number of nitrogens with zero attached hydrogens (tertiary/aromatic N) is 3. The second-order valence-electron chi connectivity index (χ2n) is 6.95. The molecule has 2 heterocycles.